The zero-order valence-electron chi connectivity index (χ0n) is 29.8. The quantitative estimate of drug-likeness (QED) is 0.0620. The first kappa shape index (κ1) is 37.6. The lowest BCUT2D eigenvalue weighted by molar-refractivity contribution is 0.556. The molecule has 250 valence electrons. The van der Waals surface area contributed by atoms with Crippen LogP contribution in [-0.4, -0.2) is 0 Å². The van der Waals surface area contributed by atoms with Crippen LogP contribution in [0.1, 0.15) is 176 Å². The predicted molar refractivity (Wildman–Crippen MR) is 208 cm³/mol. The highest BCUT2D eigenvalue weighted by Crippen LogP contribution is 2.17. The molecule has 0 aliphatic heterocycles. The molecule has 3 aromatic carbocycles. The summed E-state index contributed by atoms with van der Waals surface area (Å²) in [7, 11) is 0. The lowest BCUT2D eigenvalue weighted by atomic mass is 10.0. The molecule has 0 heteroatoms. The van der Waals surface area contributed by atoms with Crippen LogP contribution in [0.4, 0.5) is 0 Å². The Morgan fingerprint density at radius 1 is 0.326 bits per heavy atom. The minimum absolute atomic E-state index is 1.21. The number of benzene rings is 3. The third kappa shape index (κ3) is 17.7. The molecule has 0 aliphatic carbocycles. The SMILES string of the molecule is CCCCCCCCCCCCc1ccc(C=Cc2cccc(C=Cc3ccc(CCCCCCCCCCCC)cc3)c2)cc1. The van der Waals surface area contributed by atoms with Crippen molar-refractivity contribution >= 4 is 24.3 Å². The summed E-state index contributed by atoms with van der Waals surface area (Å²) in [4.78, 5) is 0. The molecule has 0 aromatic heterocycles. The van der Waals surface area contributed by atoms with E-state index in [1.165, 1.54) is 175 Å². The van der Waals surface area contributed by atoms with Gasteiger partial charge in [0.15, 0.2) is 0 Å². The van der Waals surface area contributed by atoms with Gasteiger partial charge in [0.25, 0.3) is 0 Å². The Balaban J connectivity index is 1.31. The van der Waals surface area contributed by atoms with Crippen molar-refractivity contribution in [1.82, 2.24) is 0 Å². The van der Waals surface area contributed by atoms with Crippen molar-refractivity contribution in [2.24, 2.45) is 0 Å². The van der Waals surface area contributed by atoms with Crippen LogP contribution in [0.2, 0.25) is 0 Å². The first-order valence-corrected chi connectivity index (χ1v) is 19.4. The third-order valence-electron chi connectivity index (χ3n) is 9.44. The summed E-state index contributed by atoms with van der Waals surface area (Å²) in [5.74, 6) is 0. The molecule has 0 unspecified atom stereocenters. The van der Waals surface area contributed by atoms with E-state index in [-0.39, 0.29) is 0 Å². The van der Waals surface area contributed by atoms with Crippen LogP contribution in [0.3, 0.4) is 0 Å². The summed E-state index contributed by atoms with van der Waals surface area (Å²) in [6.07, 6.45) is 39.3. The van der Waals surface area contributed by atoms with Gasteiger partial charge in [-0.1, -0.05) is 220 Å². The summed E-state index contributed by atoms with van der Waals surface area (Å²) in [5.41, 5.74) is 7.95. The van der Waals surface area contributed by atoms with E-state index in [2.05, 4.69) is 111 Å². The van der Waals surface area contributed by atoms with E-state index in [0.717, 1.165) is 0 Å². The highest BCUT2D eigenvalue weighted by atomic mass is 14.0. The van der Waals surface area contributed by atoms with E-state index in [4.69, 9.17) is 0 Å². The monoisotopic (exact) mass is 619 g/mol. The molecule has 0 nitrogen and oxygen atoms in total. The summed E-state index contributed by atoms with van der Waals surface area (Å²) in [6.45, 7) is 4.59. The van der Waals surface area contributed by atoms with Crippen LogP contribution in [0.5, 0.6) is 0 Å². The molecule has 3 aromatic rings. The van der Waals surface area contributed by atoms with Crippen molar-refractivity contribution in [3.05, 3.63) is 106 Å². The Kier molecular flexibility index (Phi) is 20.6. The minimum Gasteiger partial charge on any atom is -0.0654 e. The smallest absolute Gasteiger partial charge is 0.0251 e. The number of rotatable bonds is 26. The van der Waals surface area contributed by atoms with Crippen molar-refractivity contribution in [3.63, 3.8) is 0 Å². The zero-order valence-corrected chi connectivity index (χ0v) is 29.8. The fourth-order valence-corrected chi connectivity index (χ4v) is 6.38. The van der Waals surface area contributed by atoms with Crippen LogP contribution in [-0.2, 0) is 12.8 Å². The molecule has 0 atom stereocenters. The van der Waals surface area contributed by atoms with E-state index < -0.39 is 0 Å². The van der Waals surface area contributed by atoms with E-state index in [9.17, 15) is 0 Å². The molecule has 0 spiro atoms. The second kappa shape index (κ2) is 25.3. The molecular formula is C46H66. The Hall–Kier alpha value is -2.86. The molecule has 0 bridgehead atoms. The normalized spacial score (nSPS) is 11.7. The molecule has 46 heavy (non-hydrogen) atoms. The molecule has 0 aliphatic rings. The van der Waals surface area contributed by atoms with Gasteiger partial charge in [0.1, 0.15) is 0 Å². The lowest BCUT2D eigenvalue weighted by Gasteiger charge is -2.04. The van der Waals surface area contributed by atoms with Crippen molar-refractivity contribution in [2.45, 2.75) is 155 Å². The molecule has 0 N–H and O–H groups in total. The van der Waals surface area contributed by atoms with Crippen molar-refractivity contribution in [1.29, 1.82) is 0 Å². The largest absolute Gasteiger partial charge is 0.0654 e. The van der Waals surface area contributed by atoms with Crippen LogP contribution in [0.25, 0.3) is 24.3 Å². The van der Waals surface area contributed by atoms with Gasteiger partial charge in [-0.15, -0.1) is 0 Å². The fraction of sp³-hybridized carbons (Fsp3) is 0.522. The maximum Gasteiger partial charge on any atom is -0.0251 e. The van der Waals surface area contributed by atoms with Crippen LogP contribution in [0, 0.1) is 0 Å². The van der Waals surface area contributed by atoms with Crippen LogP contribution in [0.15, 0.2) is 72.8 Å². The van der Waals surface area contributed by atoms with Gasteiger partial charge in [0, 0.05) is 0 Å². The summed E-state index contributed by atoms with van der Waals surface area (Å²) in [5, 5.41) is 0. The van der Waals surface area contributed by atoms with E-state index in [0.29, 0.717) is 0 Å². The van der Waals surface area contributed by atoms with Gasteiger partial charge in [0.2, 0.25) is 0 Å². The first-order valence-electron chi connectivity index (χ1n) is 19.4. The van der Waals surface area contributed by atoms with Crippen LogP contribution < -0.4 is 0 Å². The number of unbranched alkanes of at least 4 members (excludes halogenated alkanes) is 18. The zero-order chi connectivity index (χ0) is 32.3. The second-order valence-corrected chi connectivity index (χ2v) is 13.7. The van der Waals surface area contributed by atoms with Gasteiger partial charge in [-0.3, -0.25) is 0 Å². The Morgan fingerprint density at radius 3 is 0.978 bits per heavy atom. The van der Waals surface area contributed by atoms with Gasteiger partial charge in [0.05, 0.1) is 0 Å². The average Bonchev–Trinajstić information content (AvgIpc) is 3.09. The number of hydrogen-bond acceptors (Lipinski definition) is 0. The fourth-order valence-electron chi connectivity index (χ4n) is 6.38. The Labute approximate surface area is 284 Å². The molecule has 0 heterocycles. The van der Waals surface area contributed by atoms with Crippen LogP contribution >= 0.6 is 0 Å². The maximum atomic E-state index is 2.31. The van der Waals surface area contributed by atoms with Crippen molar-refractivity contribution in [2.75, 3.05) is 0 Å². The summed E-state index contributed by atoms with van der Waals surface area (Å²) < 4.78 is 0. The van der Waals surface area contributed by atoms with E-state index >= 15 is 0 Å². The second-order valence-electron chi connectivity index (χ2n) is 13.7. The van der Waals surface area contributed by atoms with Gasteiger partial charge >= 0.3 is 0 Å². The maximum absolute atomic E-state index is 2.31. The van der Waals surface area contributed by atoms with Gasteiger partial charge < -0.3 is 0 Å². The summed E-state index contributed by atoms with van der Waals surface area (Å²) in [6, 6.07) is 27.1. The average molecular weight is 619 g/mol. The van der Waals surface area contributed by atoms with Gasteiger partial charge in [-0.25, -0.2) is 0 Å². The molecule has 3 rings (SSSR count). The first-order chi connectivity index (χ1) is 22.8. The Morgan fingerprint density at radius 2 is 0.630 bits per heavy atom. The Bertz CT molecular complexity index is 1100. The molecule has 0 saturated heterocycles. The number of hydrogen-bond donors (Lipinski definition) is 0. The molecule has 0 saturated carbocycles. The van der Waals surface area contributed by atoms with Gasteiger partial charge in [-0.05, 0) is 65.1 Å². The molecule has 0 fully saturated rings. The number of aryl methyl sites for hydroxylation is 2. The van der Waals surface area contributed by atoms with Crippen molar-refractivity contribution < 1.29 is 0 Å². The predicted octanol–water partition coefficient (Wildman–Crippen LogP) is 15.0. The topological polar surface area (TPSA) is 0 Å². The summed E-state index contributed by atoms with van der Waals surface area (Å²) >= 11 is 0. The van der Waals surface area contributed by atoms with Gasteiger partial charge in [-0.2, -0.15) is 0 Å². The van der Waals surface area contributed by atoms with Crippen molar-refractivity contribution in [3.8, 4) is 0 Å². The lowest BCUT2D eigenvalue weighted by Crippen LogP contribution is -1.87. The van der Waals surface area contributed by atoms with E-state index in [1.807, 2.05) is 0 Å². The molecule has 0 radical (unpaired) electrons. The minimum atomic E-state index is 1.21. The highest BCUT2D eigenvalue weighted by molar-refractivity contribution is 5.74. The van der Waals surface area contributed by atoms with E-state index in [1.54, 1.807) is 0 Å². The highest BCUT2D eigenvalue weighted by Gasteiger charge is 1.98. The molecular weight excluding hydrogens is 553 g/mol. The third-order valence-corrected chi connectivity index (χ3v) is 9.44. The standard InChI is InChI=1S/C46H66/c1-3-5-7-9-11-13-15-17-19-21-24-41-28-32-43(33-29-41)36-38-45-26-23-27-46(40-45)39-37-44-34-30-42(31-35-44)25-22-20-18-16-14-12-10-8-6-4-2/h23,26-40H,3-22,24-25H2,1-2H3. The molecule has 0 amide bonds.